The van der Waals surface area contributed by atoms with Crippen LogP contribution < -0.4 is 0 Å². The summed E-state index contributed by atoms with van der Waals surface area (Å²) in [6, 6.07) is 0. The third kappa shape index (κ3) is 1.60. The zero-order valence-electron chi connectivity index (χ0n) is 6.79. The number of aliphatic hydroxyl groups is 4. The van der Waals surface area contributed by atoms with Gasteiger partial charge in [-0.25, -0.2) is 0 Å². The van der Waals surface area contributed by atoms with Gasteiger partial charge in [-0.15, -0.1) is 0 Å². The summed E-state index contributed by atoms with van der Waals surface area (Å²) in [6.07, 6.45) is -4.94. The van der Waals surface area contributed by atoms with Crippen molar-refractivity contribution in [2.45, 2.75) is 37.4 Å². The lowest BCUT2D eigenvalue weighted by atomic mass is 9.96. The molecule has 1 saturated heterocycles. The molecule has 5 heteroatoms. The van der Waals surface area contributed by atoms with Crippen molar-refractivity contribution in [3.8, 4) is 0 Å². The van der Waals surface area contributed by atoms with Gasteiger partial charge in [0.2, 0.25) is 0 Å². The molecule has 1 aliphatic rings. The van der Waals surface area contributed by atoms with Gasteiger partial charge in [0.1, 0.15) is 24.4 Å². The van der Waals surface area contributed by atoms with Crippen molar-refractivity contribution in [1.82, 2.24) is 0 Å². The minimum Gasteiger partial charge on any atom is -0.394 e. The Morgan fingerprint density at radius 2 is 1.67 bits per heavy atom. The smallest absolute Gasteiger partial charge is 0.111 e. The first-order chi connectivity index (χ1) is 5.57. The highest BCUT2D eigenvalue weighted by Gasteiger charge is 2.41. The lowest BCUT2D eigenvalue weighted by molar-refractivity contribution is -0.224. The molecule has 0 bridgehead atoms. The van der Waals surface area contributed by atoms with Crippen molar-refractivity contribution in [2.75, 3.05) is 6.61 Å². The number of aliphatic hydroxyl groups excluding tert-OH is 4. The van der Waals surface area contributed by atoms with Crippen molar-refractivity contribution in [3.05, 3.63) is 0 Å². The molecule has 0 aliphatic carbocycles. The second-order valence-corrected chi connectivity index (χ2v) is 3.03. The molecule has 1 unspecified atom stereocenters. The molecule has 12 heavy (non-hydrogen) atoms. The molecular weight excluding hydrogens is 164 g/mol. The normalized spacial score (nSPS) is 49.2. The molecule has 5 atom stereocenters. The standard InChI is InChI=1S/C7H14O5/c1-3-5(9)7(11)6(10)4(2-8)12-3/h3-11H,2H2,1H3/t3?,4-,5+,6-,7-/m0/s1. The van der Waals surface area contributed by atoms with Crippen LogP contribution in [0.15, 0.2) is 0 Å². The van der Waals surface area contributed by atoms with E-state index in [0.717, 1.165) is 0 Å². The average Bonchev–Trinajstić information content (AvgIpc) is 2.08. The van der Waals surface area contributed by atoms with Gasteiger partial charge in [0, 0.05) is 0 Å². The summed E-state index contributed by atoms with van der Waals surface area (Å²) in [5, 5.41) is 36.4. The van der Waals surface area contributed by atoms with E-state index < -0.39 is 30.5 Å². The summed E-state index contributed by atoms with van der Waals surface area (Å²) in [6.45, 7) is 1.21. The molecule has 1 fully saturated rings. The number of rotatable bonds is 1. The summed E-state index contributed by atoms with van der Waals surface area (Å²) in [7, 11) is 0. The van der Waals surface area contributed by atoms with Gasteiger partial charge < -0.3 is 25.2 Å². The van der Waals surface area contributed by atoms with Crippen LogP contribution in [0.5, 0.6) is 0 Å². The first kappa shape index (κ1) is 9.88. The summed E-state index contributed by atoms with van der Waals surface area (Å²) < 4.78 is 5.02. The van der Waals surface area contributed by atoms with Crippen LogP contribution in [0.3, 0.4) is 0 Å². The average molecular weight is 178 g/mol. The van der Waals surface area contributed by atoms with Crippen LogP contribution >= 0.6 is 0 Å². The van der Waals surface area contributed by atoms with E-state index in [1.165, 1.54) is 0 Å². The van der Waals surface area contributed by atoms with Crippen molar-refractivity contribution in [2.24, 2.45) is 0 Å². The van der Waals surface area contributed by atoms with Crippen LogP contribution in [0.25, 0.3) is 0 Å². The first-order valence-electron chi connectivity index (χ1n) is 3.88. The van der Waals surface area contributed by atoms with Crippen molar-refractivity contribution >= 4 is 0 Å². The quantitative estimate of drug-likeness (QED) is 0.367. The number of ether oxygens (including phenoxy) is 1. The van der Waals surface area contributed by atoms with E-state index in [9.17, 15) is 15.3 Å². The second-order valence-electron chi connectivity index (χ2n) is 3.03. The molecule has 1 rings (SSSR count). The third-order valence-corrected chi connectivity index (χ3v) is 2.13. The third-order valence-electron chi connectivity index (χ3n) is 2.13. The number of hydrogen-bond donors (Lipinski definition) is 4. The molecule has 0 amide bonds. The van der Waals surface area contributed by atoms with Crippen LogP contribution in [-0.4, -0.2) is 57.6 Å². The van der Waals surface area contributed by atoms with Gasteiger partial charge >= 0.3 is 0 Å². The maximum atomic E-state index is 9.23. The molecule has 4 N–H and O–H groups in total. The summed E-state index contributed by atoms with van der Waals surface area (Å²) in [4.78, 5) is 0. The van der Waals surface area contributed by atoms with Gasteiger partial charge in [-0.2, -0.15) is 0 Å². The maximum Gasteiger partial charge on any atom is 0.111 e. The Labute approximate surface area is 70.2 Å². The Hall–Kier alpha value is -0.200. The van der Waals surface area contributed by atoms with Gasteiger partial charge in [-0.3, -0.25) is 0 Å². The van der Waals surface area contributed by atoms with Crippen molar-refractivity contribution < 1.29 is 25.2 Å². The van der Waals surface area contributed by atoms with Gasteiger partial charge in [-0.1, -0.05) is 0 Å². The molecule has 0 aromatic heterocycles. The van der Waals surface area contributed by atoms with Crippen molar-refractivity contribution in [3.63, 3.8) is 0 Å². The molecule has 0 aromatic carbocycles. The second kappa shape index (κ2) is 3.68. The Balaban J connectivity index is 2.63. The molecule has 0 aromatic rings. The fourth-order valence-corrected chi connectivity index (χ4v) is 1.29. The number of hydrogen-bond acceptors (Lipinski definition) is 5. The van der Waals surface area contributed by atoms with Gasteiger partial charge in [0.05, 0.1) is 12.7 Å². The molecule has 0 saturated carbocycles. The zero-order valence-corrected chi connectivity index (χ0v) is 6.79. The largest absolute Gasteiger partial charge is 0.394 e. The fourth-order valence-electron chi connectivity index (χ4n) is 1.29. The molecule has 5 nitrogen and oxygen atoms in total. The van der Waals surface area contributed by atoms with Crippen LogP contribution in [0.1, 0.15) is 6.92 Å². The monoisotopic (exact) mass is 178 g/mol. The van der Waals surface area contributed by atoms with Crippen LogP contribution in [0.4, 0.5) is 0 Å². The lowest BCUT2D eigenvalue weighted by Gasteiger charge is -2.38. The fraction of sp³-hybridized carbons (Fsp3) is 1.00. The van der Waals surface area contributed by atoms with Crippen molar-refractivity contribution in [1.29, 1.82) is 0 Å². The molecule has 1 heterocycles. The summed E-state index contributed by atoms with van der Waals surface area (Å²) >= 11 is 0. The predicted octanol–water partition coefficient (Wildman–Crippen LogP) is -2.15. The van der Waals surface area contributed by atoms with E-state index in [0.29, 0.717) is 0 Å². The molecule has 0 spiro atoms. The molecule has 1 aliphatic heterocycles. The van der Waals surface area contributed by atoms with Crippen LogP contribution in [-0.2, 0) is 4.74 Å². The van der Waals surface area contributed by atoms with E-state index in [1.54, 1.807) is 6.92 Å². The van der Waals surface area contributed by atoms with Gasteiger partial charge in [0.25, 0.3) is 0 Å². The maximum absolute atomic E-state index is 9.23. The zero-order chi connectivity index (χ0) is 9.30. The highest BCUT2D eigenvalue weighted by Crippen LogP contribution is 2.20. The molecule has 72 valence electrons. The van der Waals surface area contributed by atoms with E-state index in [2.05, 4.69) is 0 Å². The summed E-state index contributed by atoms with van der Waals surface area (Å²) in [5.74, 6) is 0. The Bertz CT molecular complexity index is 146. The van der Waals surface area contributed by atoms with E-state index in [4.69, 9.17) is 9.84 Å². The van der Waals surface area contributed by atoms with Crippen LogP contribution in [0, 0.1) is 0 Å². The minimum atomic E-state index is -1.24. The van der Waals surface area contributed by atoms with E-state index in [1.807, 2.05) is 0 Å². The van der Waals surface area contributed by atoms with E-state index >= 15 is 0 Å². The minimum absolute atomic E-state index is 0.366. The van der Waals surface area contributed by atoms with Gasteiger partial charge in [0.15, 0.2) is 0 Å². The highest BCUT2D eigenvalue weighted by atomic mass is 16.5. The molecule has 0 radical (unpaired) electrons. The Kier molecular flexibility index (Phi) is 3.03. The molecular formula is C7H14O5. The summed E-state index contributed by atoms with van der Waals surface area (Å²) in [5.41, 5.74) is 0. The van der Waals surface area contributed by atoms with E-state index in [-0.39, 0.29) is 6.61 Å². The first-order valence-corrected chi connectivity index (χ1v) is 3.88. The lowest BCUT2D eigenvalue weighted by Crippen LogP contribution is -2.57. The van der Waals surface area contributed by atoms with Crippen LogP contribution in [0.2, 0.25) is 0 Å². The Morgan fingerprint density at radius 3 is 2.17 bits per heavy atom. The Morgan fingerprint density at radius 1 is 1.08 bits per heavy atom. The topological polar surface area (TPSA) is 90.2 Å². The van der Waals surface area contributed by atoms with Gasteiger partial charge in [-0.05, 0) is 6.92 Å². The predicted molar refractivity (Wildman–Crippen MR) is 39.4 cm³/mol. The highest BCUT2D eigenvalue weighted by molar-refractivity contribution is 4.89. The SMILES string of the molecule is CC1O[C@@H](CO)[C@H](O)[C@@H](O)[C@@H]1O.